The lowest BCUT2D eigenvalue weighted by Gasteiger charge is -2.35. The van der Waals surface area contributed by atoms with Crippen LogP contribution in [0.2, 0.25) is 0 Å². The molecule has 0 rings (SSSR count). The molecule has 0 aromatic heterocycles. The Morgan fingerprint density at radius 2 is 1.52 bits per heavy atom. The highest BCUT2D eigenvalue weighted by atomic mass is 127. The average Bonchev–Trinajstić information content (AvgIpc) is 2.26. The van der Waals surface area contributed by atoms with Gasteiger partial charge in [-0.1, -0.05) is 28.7 Å². The third kappa shape index (κ3) is 4.81. The molecule has 1 unspecified atom stereocenters. The molecule has 0 radical (unpaired) electrons. The second-order valence-electron chi connectivity index (χ2n) is 3.98. The Balaban J connectivity index is 5.07. The zero-order valence-electron chi connectivity index (χ0n) is 10.2. The summed E-state index contributed by atoms with van der Waals surface area (Å²) in [5, 5.41) is -5.82. The van der Waals surface area contributed by atoms with Crippen LogP contribution in [0, 0.1) is 0 Å². The lowest BCUT2D eigenvalue weighted by atomic mass is 10.0. The standard InChI is InChI=1S/C10H10ClF8IO/c1-2-3-21-5-6(20)4-7(12,13)8(14,15)9(16,17)10(11,18)19/h2,6H,1,3-5H2. The van der Waals surface area contributed by atoms with Gasteiger partial charge in [0.05, 0.1) is 13.2 Å². The summed E-state index contributed by atoms with van der Waals surface area (Å²) in [6.45, 7) is 2.69. The molecule has 0 aliphatic heterocycles. The molecule has 0 amide bonds. The molecule has 0 bridgehead atoms. The minimum absolute atomic E-state index is 0.0720. The fraction of sp³-hybridized carbons (Fsp3) is 0.800. The zero-order valence-corrected chi connectivity index (χ0v) is 13.1. The van der Waals surface area contributed by atoms with E-state index in [-0.39, 0.29) is 6.61 Å². The molecule has 11 heteroatoms. The number of hydrogen-bond acceptors (Lipinski definition) is 1. The summed E-state index contributed by atoms with van der Waals surface area (Å²) in [7, 11) is 0. The quantitative estimate of drug-likeness (QED) is 0.153. The topological polar surface area (TPSA) is 9.23 Å². The Hall–Kier alpha value is 0.160. The fourth-order valence-electron chi connectivity index (χ4n) is 1.15. The summed E-state index contributed by atoms with van der Waals surface area (Å²) in [6.07, 6.45) is -0.543. The van der Waals surface area contributed by atoms with Crippen LogP contribution in [0.4, 0.5) is 35.1 Å². The average molecular weight is 461 g/mol. The van der Waals surface area contributed by atoms with Gasteiger partial charge in [-0.15, -0.1) is 6.58 Å². The van der Waals surface area contributed by atoms with Crippen molar-refractivity contribution in [3.05, 3.63) is 12.7 Å². The van der Waals surface area contributed by atoms with Gasteiger partial charge in [0.2, 0.25) is 0 Å². The molecule has 1 atom stereocenters. The second-order valence-corrected chi connectivity index (χ2v) is 6.21. The molecule has 0 aliphatic carbocycles. The lowest BCUT2D eigenvalue weighted by molar-refractivity contribution is -0.348. The summed E-state index contributed by atoms with van der Waals surface area (Å²) in [6, 6.07) is 0. The summed E-state index contributed by atoms with van der Waals surface area (Å²) < 4.78 is 106. The van der Waals surface area contributed by atoms with E-state index in [1.807, 2.05) is 0 Å². The summed E-state index contributed by atoms with van der Waals surface area (Å²) in [4.78, 5) is 0. The van der Waals surface area contributed by atoms with Crippen molar-refractivity contribution in [2.75, 3.05) is 13.2 Å². The highest BCUT2D eigenvalue weighted by Crippen LogP contribution is 2.55. The van der Waals surface area contributed by atoms with Crippen LogP contribution in [-0.4, -0.2) is 40.3 Å². The third-order valence-corrected chi connectivity index (χ3v) is 3.26. The Labute approximate surface area is 133 Å². The number of hydrogen-bond donors (Lipinski definition) is 0. The van der Waals surface area contributed by atoms with Gasteiger partial charge in [0.15, 0.2) is 0 Å². The van der Waals surface area contributed by atoms with Gasteiger partial charge in [-0.05, 0) is 11.6 Å². The number of rotatable bonds is 9. The van der Waals surface area contributed by atoms with E-state index < -0.39 is 40.1 Å². The van der Waals surface area contributed by atoms with Crippen molar-refractivity contribution >= 4 is 34.2 Å². The Morgan fingerprint density at radius 1 is 1.05 bits per heavy atom. The van der Waals surface area contributed by atoms with E-state index in [0.717, 1.165) is 0 Å². The Bertz CT molecular complexity index is 357. The van der Waals surface area contributed by atoms with E-state index in [1.165, 1.54) is 28.7 Å². The van der Waals surface area contributed by atoms with Crippen LogP contribution in [-0.2, 0) is 4.74 Å². The predicted octanol–water partition coefficient (Wildman–Crippen LogP) is 5.12. The lowest BCUT2D eigenvalue weighted by Crippen LogP contribution is -2.61. The monoisotopic (exact) mass is 460 g/mol. The molecular weight excluding hydrogens is 450 g/mol. The molecule has 0 aromatic carbocycles. The highest BCUT2D eigenvalue weighted by molar-refractivity contribution is 14.1. The molecular formula is C10H10ClF8IO. The first-order chi connectivity index (χ1) is 9.20. The van der Waals surface area contributed by atoms with E-state index in [2.05, 4.69) is 18.2 Å². The first-order valence-electron chi connectivity index (χ1n) is 5.23. The molecule has 0 heterocycles. The number of halogens is 10. The SMILES string of the molecule is C=CCOCC(I)CC(F)(F)C(F)(F)C(F)(F)C(F)(F)Cl. The maximum atomic E-state index is 13.3. The van der Waals surface area contributed by atoms with Crippen LogP contribution in [0.5, 0.6) is 0 Å². The van der Waals surface area contributed by atoms with Gasteiger partial charge in [0.25, 0.3) is 0 Å². The van der Waals surface area contributed by atoms with Crippen LogP contribution >= 0.6 is 34.2 Å². The molecule has 0 aromatic rings. The van der Waals surface area contributed by atoms with Gasteiger partial charge in [0, 0.05) is 10.3 Å². The van der Waals surface area contributed by atoms with E-state index in [0.29, 0.717) is 0 Å². The maximum Gasteiger partial charge on any atom is 0.392 e. The molecule has 0 aliphatic rings. The van der Waals surface area contributed by atoms with Gasteiger partial charge in [-0.25, -0.2) is 0 Å². The van der Waals surface area contributed by atoms with Crippen molar-refractivity contribution in [1.29, 1.82) is 0 Å². The minimum atomic E-state index is -6.41. The number of ether oxygens (including phenoxy) is 1. The zero-order chi connectivity index (χ0) is 17.1. The van der Waals surface area contributed by atoms with Gasteiger partial charge < -0.3 is 4.74 Å². The first-order valence-corrected chi connectivity index (χ1v) is 6.86. The van der Waals surface area contributed by atoms with Crippen LogP contribution in [0.3, 0.4) is 0 Å². The molecule has 0 saturated heterocycles. The van der Waals surface area contributed by atoms with E-state index >= 15 is 0 Å². The fourth-order valence-corrected chi connectivity index (χ4v) is 2.08. The Morgan fingerprint density at radius 3 is 1.90 bits per heavy atom. The number of alkyl halides is 10. The predicted molar refractivity (Wildman–Crippen MR) is 69.1 cm³/mol. The largest absolute Gasteiger partial charge is 0.392 e. The van der Waals surface area contributed by atoms with E-state index in [4.69, 9.17) is 4.74 Å². The third-order valence-electron chi connectivity index (χ3n) is 2.22. The minimum Gasteiger partial charge on any atom is -0.376 e. The molecule has 0 saturated carbocycles. The summed E-state index contributed by atoms with van der Waals surface area (Å²) in [5.41, 5.74) is 0. The smallest absolute Gasteiger partial charge is 0.376 e. The molecule has 0 spiro atoms. The highest BCUT2D eigenvalue weighted by Gasteiger charge is 2.80. The molecule has 0 N–H and O–H groups in total. The van der Waals surface area contributed by atoms with Gasteiger partial charge >= 0.3 is 23.1 Å². The molecule has 1 nitrogen and oxygen atoms in total. The van der Waals surface area contributed by atoms with Crippen LogP contribution in [0.15, 0.2) is 12.7 Å². The van der Waals surface area contributed by atoms with Crippen molar-refractivity contribution in [1.82, 2.24) is 0 Å². The molecule has 126 valence electrons. The van der Waals surface area contributed by atoms with Crippen molar-refractivity contribution in [3.63, 3.8) is 0 Å². The van der Waals surface area contributed by atoms with Gasteiger partial charge in [0.1, 0.15) is 0 Å². The second kappa shape index (κ2) is 7.16. The van der Waals surface area contributed by atoms with Gasteiger partial charge in [-0.2, -0.15) is 35.1 Å². The van der Waals surface area contributed by atoms with Crippen LogP contribution in [0.25, 0.3) is 0 Å². The van der Waals surface area contributed by atoms with Gasteiger partial charge in [-0.3, -0.25) is 0 Å². The van der Waals surface area contributed by atoms with Crippen molar-refractivity contribution in [3.8, 4) is 0 Å². The first kappa shape index (κ1) is 21.2. The van der Waals surface area contributed by atoms with E-state index in [9.17, 15) is 35.1 Å². The molecule has 0 fully saturated rings. The van der Waals surface area contributed by atoms with Crippen molar-refractivity contribution in [2.45, 2.75) is 33.5 Å². The normalized spacial score (nSPS) is 15.9. The van der Waals surface area contributed by atoms with Crippen molar-refractivity contribution < 1.29 is 39.9 Å². The summed E-state index contributed by atoms with van der Waals surface area (Å²) in [5.74, 6) is -18.1. The maximum absolute atomic E-state index is 13.3. The van der Waals surface area contributed by atoms with Crippen LogP contribution < -0.4 is 0 Å². The van der Waals surface area contributed by atoms with E-state index in [1.54, 1.807) is 0 Å². The van der Waals surface area contributed by atoms with Crippen molar-refractivity contribution in [2.24, 2.45) is 0 Å². The summed E-state index contributed by atoms with van der Waals surface area (Å²) >= 11 is 5.08. The Kier molecular flexibility index (Phi) is 7.21. The van der Waals surface area contributed by atoms with Crippen LogP contribution in [0.1, 0.15) is 6.42 Å². The molecule has 21 heavy (non-hydrogen) atoms.